The first-order valence-electron chi connectivity index (χ1n) is 8.08. The molecular weight excluding hydrogens is 356 g/mol. The van der Waals surface area contributed by atoms with Crippen LogP contribution < -0.4 is 15.4 Å². The van der Waals surface area contributed by atoms with Gasteiger partial charge in [0.2, 0.25) is 0 Å². The van der Waals surface area contributed by atoms with Gasteiger partial charge in [-0.1, -0.05) is 37.1 Å². The van der Waals surface area contributed by atoms with Gasteiger partial charge in [0.1, 0.15) is 5.75 Å². The Morgan fingerprint density at radius 3 is 2.56 bits per heavy atom. The van der Waals surface area contributed by atoms with Crippen LogP contribution in [0.15, 0.2) is 42.5 Å². The first-order chi connectivity index (χ1) is 12.0. The molecule has 0 aromatic heterocycles. The summed E-state index contributed by atoms with van der Waals surface area (Å²) in [6.07, 6.45) is 3.40. The Balaban J connectivity index is 1.98. The van der Waals surface area contributed by atoms with Gasteiger partial charge in [-0.25, -0.2) is 0 Å². The van der Waals surface area contributed by atoms with E-state index in [1.54, 1.807) is 18.2 Å². The number of unbranched alkanes of at least 4 members (excludes halogenated alkanes) is 1. The Bertz CT molecular complexity index is 748. The van der Waals surface area contributed by atoms with E-state index in [4.69, 9.17) is 28.6 Å². The maximum Gasteiger partial charge on any atom is 0.261 e. The maximum atomic E-state index is 12.4. The van der Waals surface area contributed by atoms with Gasteiger partial charge in [0, 0.05) is 10.7 Å². The van der Waals surface area contributed by atoms with Gasteiger partial charge in [-0.3, -0.25) is 10.1 Å². The molecule has 2 aromatic carbocycles. The van der Waals surface area contributed by atoms with Crippen LogP contribution in [-0.2, 0) is 6.42 Å². The van der Waals surface area contributed by atoms with Crippen molar-refractivity contribution in [2.45, 2.75) is 26.2 Å². The van der Waals surface area contributed by atoms with E-state index in [-0.39, 0.29) is 11.0 Å². The number of hydrogen-bond donors (Lipinski definition) is 2. The summed E-state index contributed by atoms with van der Waals surface area (Å²) in [7, 11) is 1.50. The van der Waals surface area contributed by atoms with E-state index < -0.39 is 0 Å². The minimum absolute atomic E-state index is 0.216. The number of aryl methyl sites for hydroxylation is 1. The Hall–Kier alpha value is -2.11. The Labute approximate surface area is 158 Å². The fraction of sp³-hybridized carbons (Fsp3) is 0.263. The summed E-state index contributed by atoms with van der Waals surface area (Å²) in [6, 6.07) is 12.9. The lowest BCUT2D eigenvalue weighted by Gasteiger charge is -2.12. The predicted molar refractivity (Wildman–Crippen MR) is 107 cm³/mol. The average Bonchev–Trinajstić information content (AvgIpc) is 2.61. The number of rotatable bonds is 6. The lowest BCUT2D eigenvalue weighted by Crippen LogP contribution is -2.34. The minimum Gasteiger partial charge on any atom is -0.496 e. The van der Waals surface area contributed by atoms with Crippen LogP contribution in [0.25, 0.3) is 0 Å². The highest BCUT2D eigenvalue weighted by molar-refractivity contribution is 7.80. The number of amides is 1. The molecule has 132 valence electrons. The number of thiocarbonyl (C=S) groups is 1. The molecule has 0 radical (unpaired) electrons. The smallest absolute Gasteiger partial charge is 0.261 e. The maximum absolute atomic E-state index is 12.4. The molecule has 1 amide bonds. The largest absolute Gasteiger partial charge is 0.496 e. The molecule has 2 N–H and O–H groups in total. The molecule has 0 heterocycles. The average molecular weight is 377 g/mol. The predicted octanol–water partition coefficient (Wildman–Crippen LogP) is 4.82. The number of anilines is 1. The zero-order chi connectivity index (χ0) is 18.2. The molecule has 0 aliphatic carbocycles. The van der Waals surface area contributed by atoms with E-state index in [1.165, 1.54) is 25.5 Å². The second kappa shape index (κ2) is 9.39. The van der Waals surface area contributed by atoms with Crippen molar-refractivity contribution in [3.8, 4) is 5.75 Å². The number of nitrogens with one attached hydrogen (secondary N) is 2. The Morgan fingerprint density at radius 2 is 1.92 bits per heavy atom. The van der Waals surface area contributed by atoms with Gasteiger partial charge in [0.25, 0.3) is 5.91 Å². The van der Waals surface area contributed by atoms with Crippen LogP contribution in [0.2, 0.25) is 5.02 Å². The molecular formula is C19H21ClN2O2S. The molecule has 2 aromatic rings. The van der Waals surface area contributed by atoms with E-state index >= 15 is 0 Å². The first kappa shape index (κ1) is 19.2. The molecule has 0 saturated carbocycles. The first-order valence-corrected chi connectivity index (χ1v) is 8.87. The molecule has 0 spiro atoms. The lowest BCUT2D eigenvalue weighted by atomic mass is 10.1. The summed E-state index contributed by atoms with van der Waals surface area (Å²) < 4.78 is 5.18. The number of carbonyl (C=O) groups is 1. The van der Waals surface area contributed by atoms with Gasteiger partial charge in [-0.2, -0.15) is 0 Å². The third-order valence-corrected chi connectivity index (χ3v) is 4.10. The normalized spacial score (nSPS) is 10.2. The van der Waals surface area contributed by atoms with E-state index in [0.717, 1.165) is 12.1 Å². The summed E-state index contributed by atoms with van der Waals surface area (Å²) in [5, 5.41) is 6.31. The molecule has 0 bridgehead atoms. The van der Waals surface area contributed by atoms with Crippen LogP contribution in [0, 0.1) is 0 Å². The van der Waals surface area contributed by atoms with E-state index in [2.05, 4.69) is 29.7 Å². The monoisotopic (exact) mass is 376 g/mol. The third kappa shape index (κ3) is 5.73. The van der Waals surface area contributed by atoms with E-state index in [0.29, 0.717) is 16.3 Å². The van der Waals surface area contributed by atoms with Gasteiger partial charge < -0.3 is 10.1 Å². The van der Waals surface area contributed by atoms with Crippen LogP contribution in [0.3, 0.4) is 0 Å². The van der Waals surface area contributed by atoms with Crippen molar-refractivity contribution in [3.05, 3.63) is 58.6 Å². The molecule has 25 heavy (non-hydrogen) atoms. The molecule has 0 fully saturated rings. The zero-order valence-electron chi connectivity index (χ0n) is 14.3. The second-order valence-electron chi connectivity index (χ2n) is 5.55. The number of ether oxygens (including phenoxy) is 1. The van der Waals surface area contributed by atoms with Crippen LogP contribution in [0.4, 0.5) is 5.69 Å². The van der Waals surface area contributed by atoms with Gasteiger partial charge in [-0.15, -0.1) is 0 Å². The van der Waals surface area contributed by atoms with Crippen molar-refractivity contribution in [3.63, 3.8) is 0 Å². The molecule has 0 aliphatic heterocycles. The minimum atomic E-state index is -0.378. The number of methoxy groups -OCH3 is 1. The van der Waals surface area contributed by atoms with Gasteiger partial charge in [0.15, 0.2) is 5.11 Å². The van der Waals surface area contributed by atoms with E-state index in [1.807, 2.05) is 12.1 Å². The SMILES string of the molecule is CCCCc1ccc(NC(=S)NC(=O)c2cc(Cl)ccc2OC)cc1. The van der Waals surface area contributed by atoms with Crippen LogP contribution >= 0.6 is 23.8 Å². The molecule has 0 atom stereocenters. The fourth-order valence-corrected chi connectivity index (χ4v) is 2.71. The van der Waals surface area contributed by atoms with Gasteiger partial charge >= 0.3 is 0 Å². The molecule has 2 rings (SSSR count). The number of hydrogen-bond acceptors (Lipinski definition) is 3. The number of carbonyl (C=O) groups excluding carboxylic acids is 1. The highest BCUT2D eigenvalue weighted by atomic mass is 35.5. The fourth-order valence-electron chi connectivity index (χ4n) is 2.33. The van der Waals surface area contributed by atoms with Crippen molar-refractivity contribution in [1.29, 1.82) is 0 Å². The van der Waals surface area contributed by atoms with Crippen molar-refractivity contribution >= 4 is 40.5 Å². The lowest BCUT2D eigenvalue weighted by molar-refractivity contribution is 0.0975. The molecule has 0 saturated heterocycles. The Kier molecular flexibility index (Phi) is 7.22. The summed E-state index contributed by atoms with van der Waals surface area (Å²) >= 11 is 11.2. The van der Waals surface area contributed by atoms with Crippen LogP contribution in [-0.4, -0.2) is 18.1 Å². The number of halogens is 1. The van der Waals surface area contributed by atoms with Crippen LogP contribution in [0.1, 0.15) is 35.7 Å². The number of benzene rings is 2. The highest BCUT2D eigenvalue weighted by Crippen LogP contribution is 2.22. The third-order valence-electron chi connectivity index (χ3n) is 3.66. The van der Waals surface area contributed by atoms with Crippen LogP contribution in [0.5, 0.6) is 5.75 Å². The molecule has 0 unspecified atom stereocenters. The van der Waals surface area contributed by atoms with Crippen molar-refractivity contribution < 1.29 is 9.53 Å². The van der Waals surface area contributed by atoms with Crippen molar-refractivity contribution in [2.24, 2.45) is 0 Å². The highest BCUT2D eigenvalue weighted by Gasteiger charge is 2.14. The zero-order valence-corrected chi connectivity index (χ0v) is 15.8. The molecule has 4 nitrogen and oxygen atoms in total. The topological polar surface area (TPSA) is 50.4 Å². The standard InChI is InChI=1S/C19H21ClN2O2S/c1-3-4-5-13-6-9-15(10-7-13)21-19(25)22-18(23)16-12-14(20)8-11-17(16)24-2/h6-12H,3-5H2,1-2H3,(H2,21,22,23,25). The van der Waals surface area contributed by atoms with Gasteiger partial charge in [-0.05, 0) is 61.0 Å². The quantitative estimate of drug-likeness (QED) is 0.710. The summed E-state index contributed by atoms with van der Waals surface area (Å²) in [4.78, 5) is 12.4. The molecule has 6 heteroatoms. The summed E-state index contributed by atoms with van der Waals surface area (Å²) in [5.74, 6) is 0.0568. The Morgan fingerprint density at radius 1 is 1.20 bits per heavy atom. The second-order valence-corrected chi connectivity index (χ2v) is 6.40. The van der Waals surface area contributed by atoms with Crippen molar-refractivity contribution in [1.82, 2.24) is 5.32 Å². The van der Waals surface area contributed by atoms with Gasteiger partial charge in [0.05, 0.1) is 12.7 Å². The van der Waals surface area contributed by atoms with Crippen molar-refractivity contribution in [2.75, 3.05) is 12.4 Å². The van der Waals surface area contributed by atoms with E-state index in [9.17, 15) is 4.79 Å². The summed E-state index contributed by atoms with van der Waals surface area (Å²) in [6.45, 7) is 2.17. The molecule has 0 aliphatic rings. The summed E-state index contributed by atoms with van der Waals surface area (Å²) in [5.41, 5.74) is 2.43.